The van der Waals surface area contributed by atoms with Gasteiger partial charge in [0, 0.05) is 19.3 Å². The Bertz CT molecular complexity index is 285. The Balaban J connectivity index is 1.92. The molecule has 0 aromatic carbocycles. The lowest BCUT2D eigenvalue weighted by atomic mass is 10.1. The minimum atomic E-state index is 0.472. The lowest BCUT2D eigenvalue weighted by molar-refractivity contribution is 0.0904. The van der Waals surface area contributed by atoms with Crippen LogP contribution in [-0.4, -0.2) is 29.2 Å². The molecule has 1 saturated heterocycles. The number of hydrogen-bond acceptors (Lipinski definition) is 4. The Kier molecular flexibility index (Phi) is 3.31. The summed E-state index contributed by atoms with van der Waals surface area (Å²) < 4.78 is 6.03. The second-order valence-electron chi connectivity index (χ2n) is 3.26. The minimum absolute atomic E-state index is 0.472. The van der Waals surface area contributed by atoms with Gasteiger partial charge in [-0.3, -0.25) is 0 Å². The van der Waals surface area contributed by atoms with Gasteiger partial charge < -0.3 is 10.1 Å². The maximum atomic E-state index is 5.27. The van der Waals surface area contributed by atoms with Gasteiger partial charge in [0.15, 0.2) is 0 Å². The molecular weight excluding hydrogens is 246 g/mol. The molecule has 1 aromatic rings. The van der Waals surface area contributed by atoms with Crippen molar-refractivity contribution in [3.63, 3.8) is 0 Å². The molecule has 0 atom stereocenters. The predicted molar refractivity (Wildman–Crippen MR) is 57.2 cm³/mol. The van der Waals surface area contributed by atoms with E-state index in [0.717, 1.165) is 36.5 Å². The number of hydrogen-bond donors (Lipinski definition) is 1. The van der Waals surface area contributed by atoms with Gasteiger partial charge in [-0.05, 0) is 28.8 Å². The van der Waals surface area contributed by atoms with E-state index in [9.17, 15) is 0 Å². The highest BCUT2D eigenvalue weighted by Gasteiger charge is 2.13. The Morgan fingerprint density at radius 2 is 2.07 bits per heavy atom. The summed E-state index contributed by atoms with van der Waals surface area (Å²) in [5.41, 5.74) is 0. The van der Waals surface area contributed by atoms with Crippen molar-refractivity contribution in [2.75, 3.05) is 18.5 Å². The molecule has 1 aliphatic rings. The largest absolute Gasteiger partial charge is 0.381 e. The lowest BCUT2D eigenvalue weighted by Crippen LogP contribution is -2.28. The summed E-state index contributed by atoms with van der Waals surface area (Å²) in [5.74, 6) is 0.833. The number of nitrogens with one attached hydrogen (secondary N) is 1. The van der Waals surface area contributed by atoms with Gasteiger partial charge >= 0.3 is 0 Å². The van der Waals surface area contributed by atoms with Crippen molar-refractivity contribution >= 4 is 21.7 Å². The number of ether oxygens (including phenoxy) is 1. The second kappa shape index (κ2) is 4.70. The highest BCUT2D eigenvalue weighted by atomic mass is 79.9. The molecular formula is C9H12BrN3O. The van der Waals surface area contributed by atoms with E-state index in [1.165, 1.54) is 0 Å². The van der Waals surface area contributed by atoms with Gasteiger partial charge in [0.2, 0.25) is 0 Å². The molecule has 1 fully saturated rings. The van der Waals surface area contributed by atoms with Crippen LogP contribution in [0.15, 0.2) is 17.0 Å². The SMILES string of the molecule is Brc1cnc(NC2CCOCC2)cn1. The summed E-state index contributed by atoms with van der Waals surface area (Å²) in [6.07, 6.45) is 5.51. The van der Waals surface area contributed by atoms with Crippen molar-refractivity contribution in [3.05, 3.63) is 17.0 Å². The second-order valence-corrected chi connectivity index (χ2v) is 4.07. The number of aromatic nitrogens is 2. The van der Waals surface area contributed by atoms with Crippen LogP contribution < -0.4 is 5.32 Å². The Morgan fingerprint density at radius 1 is 1.29 bits per heavy atom. The molecule has 5 heteroatoms. The van der Waals surface area contributed by atoms with Gasteiger partial charge in [-0.25, -0.2) is 9.97 Å². The van der Waals surface area contributed by atoms with Crippen molar-refractivity contribution in [1.82, 2.24) is 9.97 Å². The summed E-state index contributed by atoms with van der Waals surface area (Å²) in [6.45, 7) is 1.67. The van der Waals surface area contributed by atoms with E-state index in [0.29, 0.717) is 6.04 Å². The minimum Gasteiger partial charge on any atom is -0.381 e. The average molecular weight is 258 g/mol. The van der Waals surface area contributed by atoms with Gasteiger partial charge in [-0.15, -0.1) is 0 Å². The summed E-state index contributed by atoms with van der Waals surface area (Å²) in [5, 5.41) is 3.33. The van der Waals surface area contributed by atoms with E-state index < -0.39 is 0 Å². The molecule has 4 nitrogen and oxygen atoms in total. The van der Waals surface area contributed by atoms with E-state index in [2.05, 4.69) is 31.2 Å². The molecule has 1 N–H and O–H groups in total. The average Bonchev–Trinajstić information content (AvgIpc) is 2.23. The normalized spacial score (nSPS) is 18.1. The van der Waals surface area contributed by atoms with Crippen LogP contribution in [0.25, 0.3) is 0 Å². The van der Waals surface area contributed by atoms with Crippen LogP contribution in [0.3, 0.4) is 0 Å². The summed E-state index contributed by atoms with van der Waals surface area (Å²) in [7, 11) is 0. The summed E-state index contributed by atoms with van der Waals surface area (Å²) in [6, 6.07) is 0.472. The lowest BCUT2D eigenvalue weighted by Gasteiger charge is -2.23. The summed E-state index contributed by atoms with van der Waals surface area (Å²) >= 11 is 3.25. The molecule has 0 aliphatic carbocycles. The first-order chi connectivity index (χ1) is 6.84. The van der Waals surface area contributed by atoms with Crippen molar-refractivity contribution < 1.29 is 4.74 Å². The number of nitrogens with zero attached hydrogens (tertiary/aromatic N) is 2. The first kappa shape index (κ1) is 9.86. The van der Waals surface area contributed by atoms with Crippen molar-refractivity contribution in [3.8, 4) is 0 Å². The zero-order valence-electron chi connectivity index (χ0n) is 7.74. The van der Waals surface area contributed by atoms with Crippen LogP contribution >= 0.6 is 15.9 Å². The quantitative estimate of drug-likeness (QED) is 0.879. The third-order valence-electron chi connectivity index (χ3n) is 2.19. The monoisotopic (exact) mass is 257 g/mol. The Labute approximate surface area is 91.2 Å². The number of anilines is 1. The van der Waals surface area contributed by atoms with Gasteiger partial charge in [-0.1, -0.05) is 0 Å². The van der Waals surface area contributed by atoms with Gasteiger partial charge in [0.25, 0.3) is 0 Å². The first-order valence-corrected chi connectivity index (χ1v) is 5.46. The molecule has 14 heavy (non-hydrogen) atoms. The molecule has 0 bridgehead atoms. The number of rotatable bonds is 2. The molecule has 1 aromatic heterocycles. The van der Waals surface area contributed by atoms with Gasteiger partial charge in [0.05, 0.1) is 12.4 Å². The molecule has 0 spiro atoms. The molecule has 0 radical (unpaired) electrons. The first-order valence-electron chi connectivity index (χ1n) is 4.66. The van der Waals surface area contributed by atoms with E-state index in [1.54, 1.807) is 12.4 Å². The third-order valence-corrected chi connectivity index (χ3v) is 2.60. The van der Waals surface area contributed by atoms with Gasteiger partial charge in [-0.2, -0.15) is 0 Å². The van der Waals surface area contributed by atoms with E-state index in [-0.39, 0.29) is 0 Å². The molecule has 76 valence electrons. The fourth-order valence-corrected chi connectivity index (χ4v) is 1.64. The third kappa shape index (κ3) is 2.65. The fraction of sp³-hybridized carbons (Fsp3) is 0.556. The van der Waals surface area contributed by atoms with Crippen LogP contribution in [0, 0.1) is 0 Å². The molecule has 0 amide bonds. The van der Waals surface area contributed by atoms with Crippen LogP contribution in [0.2, 0.25) is 0 Å². The maximum Gasteiger partial charge on any atom is 0.144 e. The Morgan fingerprint density at radius 3 is 2.71 bits per heavy atom. The molecule has 1 aliphatic heterocycles. The molecule has 0 unspecified atom stereocenters. The van der Waals surface area contributed by atoms with Crippen molar-refractivity contribution in [1.29, 1.82) is 0 Å². The zero-order valence-corrected chi connectivity index (χ0v) is 9.33. The van der Waals surface area contributed by atoms with Crippen LogP contribution in [0.4, 0.5) is 5.82 Å². The van der Waals surface area contributed by atoms with Crippen LogP contribution in [0.5, 0.6) is 0 Å². The zero-order chi connectivity index (χ0) is 9.80. The van der Waals surface area contributed by atoms with Crippen molar-refractivity contribution in [2.24, 2.45) is 0 Å². The molecule has 2 rings (SSSR count). The van der Waals surface area contributed by atoms with E-state index in [4.69, 9.17) is 4.74 Å². The Hall–Kier alpha value is -0.680. The highest BCUT2D eigenvalue weighted by molar-refractivity contribution is 9.10. The molecule has 2 heterocycles. The van der Waals surface area contributed by atoms with Crippen LogP contribution in [-0.2, 0) is 4.74 Å². The van der Waals surface area contributed by atoms with Crippen molar-refractivity contribution in [2.45, 2.75) is 18.9 Å². The van der Waals surface area contributed by atoms with Gasteiger partial charge in [0.1, 0.15) is 10.4 Å². The maximum absolute atomic E-state index is 5.27. The van der Waals surface area contributed by atoms with E-state index >= 15 is 0 Å². The van der Waals surface area contributed by atoms with E-state index in [1.807, 2.05) is 0 Å². The fourth-order valence-electron chi connectivity index (χ4n) is 1.44. The van der Waals surface area contributed by atoms with Crippen LogP contribution in [0.1, 0.15) is 12.8 Å². The standard InChI is InChI=1S/C9H12BrN3O/c10-8-5-12-9(6-11-8)13-7-1-3-14-4-2-7/h5-7H,1-4H2,(H,12,13). The smallest absolute Gasteiger partial charge is 0.144 e. The topological polar surface area (TPSA) is 47.0 Å². The summed E-state index contributed by atoms with van der Waals surface area (Å²) in [4.78, 5) is 8.32. The highest BCUT2D eigenvalue weighted by Crippen LogP contribution is 2.13. The predicted octanol–water partition coefficient (Wildman–Crippen LogP) is 1.83. The molecule has 0 saturated carbocycles. The number of halogens is 1.